The molecule has 89 heavy (non-hydrogen) atoms. The van der Waals surface area contributed by atoms with Crippen LogP contribution in [0.2, 0.25) is 0 Å². The van der Waals surface area contributed by atoms with Gasteiger partial charge in [-0.15, -0.1) is 0 Å². The Bertz CT molecular complexity index is 2340. The lowest BCUT2D eigenvalue weighted by atomic mass is 9.38. The van der Waals surface area contributed by atoms with Crippen LogP contribution in [-0.4, -0.2) is 296 Å². The Morgan fingerprint density at radius 1 is 0.539 bits per heavy atom. The summed E-state index contributed by atoms with van der Waals surface area (Å²) < 4.78 is 60.6. The van der Waals surface area contributed by atoms with Crippen LogP contribution in [0.25, 0.3) is 0 Å². The number of allylic oxidation sites excluding steroid dienone is 1. The van der Waals surface area contributed by atoms with E-state index in [-0.39, 0.29) is 40.9 Å². The molecule has 516 valence electrons. The number of aliphatic hydroxyl groups is 18. The van der Waals surface area contributed by atoms with Gasteiger partial charge in [0.05, 0.1) is 56.4 Å². The molecule has 35 atom stereocenters. The van der Waals surface area contributed by atoms with Crippen LogP contribution in [-0.2, 0) is 47.4 Å². The predicted octanol–water partition coefficient (Wildman–Crippen LogP) is -3.99. The van der Waals surface area contributed by atoms with E-state index in [4.69, 9.17) is 47.4 Å². The molecule has 18 N–H and O–H groups in total. The third-order valence-electron chi connectivity index (χ3n) is 23.1. The molecule has 0 amide bonds. The molecule has 0 aromatic rings. The first-order chi connectivity index (χ1) is 41.7. The van der Waals surface area contributed by atoms with Gasteiger partial charge in [-0.1, -0.05) is 60.1 Å². The Morgan fingerprint density at radius 3 is 1.53 bits per heavy atom. The Balaban J connectivity index is 0.912. The van der Waals surface area contributed by atoms with Crippen LogP contribution in [0.15, 0.2) is 11.6 Å². The van der Waals surface area contributed by atoms with Crippen LogP contribution in [0.5, 0.6) is 0 Å². The molecule has 5 aliphatic heterocycles. The average Bonchev–Trinajstić information content (AvgIpc) is 1.67. The molecule has 0 radical (unpaired) electrons. The fraction of sp³-hybridized carbons (Fsp3) is 0.967. The highest BCUT2D eigenvalue weighted by Gasteiger charge is 2.71. The number of ether oxygens (including phenoxy) is 10. The fourth-order valence-electron chi connectivity index (χ4n) is 17.3. The molecule has 8 fully saturated rings. The first-order valence-corrected chi connectivity index (χ1v) is 32.0. The molecule has 0 bridgehead atoms. The van der Waals surface area contributed by atoms with E-state index in [1.165, 1.54) is 0 Å². The van der Waals surface area contributed by atoms with Crippen LogP contribution >= 0.6 is 0 Å². The summed E-state index contributed by atoms with van der Waals surface area (Å²) in [6.45, 7) is 15.1. The van der Waals surface area contributed by atoms with E-state index < -0.39 is 215 Å². The highest BCUT2D eigenvalue weighted by molar-refractivity contribution is 5.32. The largest absolute Gasteiger partial charge is 0.394 e. The molecular weight excluding hydrogens is 1180 g/mol. The Hall–Kier alpha value is -1.38. The zero-order valence-corrected chi connectivity index (χ0v) is 52.4. The SMILES string of the molecule is CC[C@H]1O[C@@H](O[C@H](CC[C@@H](C)C2CC[C@@]3(C)C4CC=C5C(CC[C@H](O[C@@H]6O[C@H](CO[C@@H]7O[C@H](CO)[C@@H](O)[C@H](O)[C@H]7O)[C@@H](O)[C@H](O)[C@H]6O[C@@H]6O[C@H](CO)[C@@H](O)[C@H](O)[C@H]6O)C5(C)C)[C@]4(C)[C@H](O)C[C@]23C)C(C)(C)O)[C@H](O[C@@H]2O[C@H](CO)[C@@H](O)[C@H](O)[C@H]2O)[C@@H](O)[C@@H]1O. The average molecular weight is 1290 g/mol. The van der Waals surface area contributed by atoms with Crippen molar-refractivity contribution in [2.75, 3.05) is 26.4 Å². The molecule has 3 saturated carbocycles. The molecule has 28 nitrogen and oxygen atoms in total. The second-order valence-corrected chi connectivity index (χ2v) is 28.9. The van der Waals surface area contributed by atoms with Crippen LogP contribution < -0.4 is 0 Å². The molecule has 9 rings (SSSR count). The van der Waals surface area contributed by atoms with Gasteiger partial charge in [-0.05, 0) is 106 Å². The topological polar surface area (TPSA) is 456 Å². The van der Waals surface area contributed by atoms with Crippen molar-refractivity contribution in [3.63, 3.8) is 0 Å². The first kappa shape index (κ1) is 71.9. The molecule has 3 unspecified atom stereocenters. The lowest BCUT2D eigenvalue weighted by Crippen LogP contribution is -2.66. The third kappa shape index (κ3) is 13.0. The van der Waals surface area contributed by atoms with Gasteiger partial charge in [0.2, 0.25) is 0 Å². The van der Waals surface area contributed by atoms with Crippen molar-refractivity contribution in [2.45, 2.75) is 298 Å². The molecule has 4 aliphatic carbocycles. The van der Waals surface area contributed by atoms with E-state index in [2.05, 4.69) is 33.8 Å². The van der Waals surface area contributed by atoms with Gasteiger partial charge >= 0.3 is 0 Å². The van der Waals surface area contributed by atoms with Gasteiger partial charge < -0.3 is 139 Å². The van der Waals surface area contributed by atoms with Crippen LogP contribution in [0.4, 0.5) is 0 Å². The maximum atomic E-state index is 12.9. The van der Waals surface area contributed by atoms with Gasteiger partial charge in [-0.3, -0.25) is 0 Å². The van der Waals surface area contributed by atoms with Crippen molar-refractivity contribution < 1.29 is 139 Å². The minimum Gasteiger partial charge on any atom is -0.394 e. The van der Waals surface area contributed by atoms with Crippen molar-refractivity contribution in [3.8, 4) is 0 Å². The Morgan fingerprint density at radius 2 is 1.01 bits per heavy atom. The monoisotopic (exact) mass is 1280 g/mol. The number of rotatable bonds is 20. The van der Waals surface area contributed by atoms with Crippen LogP contribution in [0.1, 0.15) is 120 Å². The van der Waals surface area contributed by atoms with Gasteiger partial charge in [0, 0.05) is 10.8 Å². The molecule has 5 heterocycles. The molecular formula is C61H104O28. The Kier molecular flexibility index (Phi) is 22.3. The lowest BCUT2D eigenvalue weighted by Gasteiger charge is -2.67. The Labute approximate surface area is 518 Å². The summed E-state index contributed by atoms with van der Waals surface area (Å²) in [5, 5.41) is 196. The predicted molar refractivity (Wildman–Crippen MR) is 303 cm³/mol. The van der Waals surface area contributed by atoms with Crippen molar-refractivity contribution in [3.05, 3.63) is 11.6 Å². The zero-order valence-electron chi connectivity index (χ0n) is 52.4. The zero-order chi connectivity index (χ0) is 65.5. The standard InChI is InChI=1S/C61H104O28/c1-10-28-37(66)45(74)50(88-53-48(77)43(72)39(68)30(21-63)83-53)55(81-28)87-36(58(5,6)79)15-11-24(2)25-17-18-59(7)33-14-12-26-27(61(33,9)34(65)19-60(25,59)8)13-16-35(57(26,3)4)86-56-51(89-54-49(78)44(73)40(69)31(22-64)84-54)46(75)41(70)32(85-56)23-80-52-47(76)42(71)38(67)29(20-62)82-52/h12,24-25,27-56,62-79H,10-11,13-23H2,1-9H3/t24-,25?,27?,28-,29-,30-,31-,32-,33?,34-,35+,36-,37-,38-,39-,40-,41-,42+,43+,44+,45+,46+,47-,48-,49-,50-,51-,52-,53+,54+,55+,56+,59+,60-,61+/m1/s1. The number of hydrogen-bond donors (Lipinski definition) is 18. The van der Waals surface area contributed by atoms with E-state index >= 15 is 0 Å². The minimum absolute atomic E-state index is 0.0203. The highest BCUT2D eigenvalue weighted by Crippen LogP contribution is 2.75. The number of aliphatic hydroxyl groups excluding tert-OH is 17. The summed E-state index contributed by atoms with van der Waals surface area (Å²) >= 11 is 0. The highest BCUT2D eigenvalue weighted by atomic mass is 16.8. The quantitative estimate of drug-likeness (QED) is 0.0517. The van der Waals surface area contributed by atoms with E-state index in [0.29, 0.717) is 38.5 Å². The summed E-state index contributed by atoms with van der Waals surface area (Å²) in [7, 11) is 0. The maximum Gasteiger partial charge on any atom is 0.187 e. The normalized spacial score (nSPS) is 51.8. The summed E-state index contributed by atoms with van der Waals surface area (Å²) in [6, 6.07) is 0. The van der Waals surface area contributed by atoms with Gasteiger partial charge in [-0.25, -0.2) is 0 Å². The van der Waals surface area contributed by atoms with Gasteiger partial charge in [-0.2, -0.15) is 0 Å². The number of fused-ring (bicyclic) bond motifs is 5. The van der Waals surface area contributed by atoms with Crippen molar-refractivity contribution in [1.29, 1.82) is 0 Å². The maximum absolute atomic E-state index is 12.9. The van der Waals surface area contributed by atoms with E-state index in [9.17, 15) is 91.9 Å². The van der Waals surface area contributed by atoms with Gasteiger partial charge in [0.1, 0.15) is 116 Å². The number of hydrogen-bond acceptors (Lipinski definition) is 28. The molecule has 9 aliphatic rings. The summed E-state index contributed by atoms with van der Waals surface area (Å²) in [6.07, 6.45) is -35.9. The molecule has 28 heteroatoms. The van der Waals surface area contributed by atoms with Crippen molar-refractivity contribution in [1.82, 2.24) is 0 Å². The second-order valence-electron chi connectivity index (χ2n) is 28.9. The summed E-state index contributed by atoms with van der Waals surface area (Å²) in [5.41, 5.74) is -2.50. The van der Waals surface area contributed by atoms with Gasteiger partial charge in [0.25, 0.3) is 0 Å². The van der Waals surface area contributed by atoms with E-state index in [1.54, 1.807) is 20.8 Å². The minimum atomic E-state index is -1.91. The lowest BCUT2D eigenvalue weighted by molar-refractivity contribution is -0.379. The second kappa shape index (κ2) is 27.6. The fourth-order valence-corrected chi connectivity index (χ4v) is 17.3. The molecule has 0 aromatic heterocycles. The summed E-state index contributed by atoms with van der Waals surface area (Å²) in [5.74, 6) is 0.0403. The molecule has 5 saturated heterocycles. The van der Waals surface area contributed by atoms with Gasteiger partial charge in [0.15, 0.2) is 31.5 Å². The smallest absolute Gasteiger partial charge is 0.187 e. The van der Waals surface area contributed by atoms with Crippen molar-refractivity contribution >= 4 is 0 Å². The van der Waals surface area contributed by atoms with Crippen LogP contribution in [0.3, 0.4) is 0 Å². The van der Waals surface area contributed by atoms with E-state index in [1.807, 2.05) is 13.8 Å². The molecule has 0 spiro atoms. The first-order valence-electron chi connectivity index (χ1n) is 32.0. The van der Waals surface area contributed by atoms with Crippen LogP contribution in [0, 0.1) is 45.3 Å². The molecule has 0 aromatic carbocycles. The van der Waals surface area contributed by atoms with E-state index in [0.717, 1.165) is 18.4 Å². The van der Waals surface area contributed by atoms with Crippen molar-refractivity contribution in [2.24, 2.45) is 45.3 Å². The third-order valence-corrected chi connectivity index (χ3v) is 23.1. The summed E-state index contributed by atoms with van der Waals surface area (Å²) in [4.78, 5) is 0.